The van der Waals surface area contributed by atoms with Gasteiger partial charge in [-0.15, -0.1) is 0 Å². The van der Waals surface area contributed by atoms with E-state index in [9.17, 15) is 14.4 Å². The van der Waals surface area contributed by atoms with Crippen molar-refractivity contribution in [3.05, 3.63) is 71.9 Å². The van der Waals surface area contributed by atoms with Crippen molar-refractivity contribution in [3.63, 3.8) is 0 Å². The molecule has 9 nitrogen and oxygen atoms in total. The number of aryl methyl sites for hydroxylation is 1. The van der Waals surface area contributed by atoms with Gasteiger partial charge in [0.1, 0.15) is 11.6 Å². The maximum absolute atomic E-state index is 12.3. The fourth-order valence-electron chi connectivity index (χ4n) is 3.56. The van der Waals surface area contributed by atoms with E-state index >= 15 is 0 Å². The molecular formula is C23H24N6O3. The van der Waals surface area contributed by atoms with Gasteiger partial charge in [-0.05, 0) is 55.3 Å². The Labute approximate surface area is 185 Å². The summed E-state index contributed by atoms with van der Waals surface area (Å²) in [5, 5.41) is 5.41. The van der Waals surface area contributed by atoms with Gasteiger partial charge in [0.15, 0.2) is 0 Å². The van der Waals surface area contributed by atoms with Gasteiger partial charge in [-0.25, -0.2) is 9.97 Å². The van der Waals surface area contributed by atoms with Gasteiger partial charge in [-0.1, -0.05) is 0 Å². The molecule has 1 fully saturated rings. The van der Waals surface area contributed by atoms with Gasteiger partial charge in [0.2, 0.25) is 11.8 Å². The summed E-state index contributed by atoms with van der Waals surface area (Å²) in [4.78, 5) is 46.6. The number of hydrogen-bond donors (Lipinski definition) is 2. The summed E-state index contributed by atoms with van der Waals surface area (Å²) in [7, 11) is 0. The van der Waals surface area contributed by atoms with E-state index < -0.39 is 0 Å². The highest BCUT2D eigenvalue weighted by Crippen LogP contribution is 2.21. The van der Waals surface area contributed by atoms with Crippen LogP contribution in [0.4, 0.5) is 5.69 Å². The lowest BCUT2D eigenvalue weighted by Gasteiger charge is -2.15. The maximum Gasteiger partial charge on any atom is 0.251 e. The minimum absolute atomic E-state index is 0.0975. The van der Waals surface area contributed by atoms with Crippen molar-refractivity contribution in [2.75, 3.05) is 18.0 Å². The molecule has 3 heterocycles. The monoisotopic (exact) mass is 432 g/mol. The van der Waals surface area contributed by atoms with Crippen LogP contribution in [0.15, 0.2) is 55.0 Å². The lowest BCUT2D eigenvalue weighted by molar-refractivity contribution is -0.120. The van der Waals surface area contributed by atoms with Crippen molar-refractivity contribution in [2.24, 2.45) is 0 Å². The number of imidazole rings is 1. The molecule has 164 valence electrons. The third kappa shape index (κ3) is 4.83. The molecule has 32 heavy (non-hydrogen) atoms. The second kappa shape index (κ2) is 9.42. The second-order valence-electron chi connectivity index (χ2n) is 7.52. The van der Waals surface area contributed by atoms with Gasteiger partial charge in [-0.3, -0.25) is 19.0 Å². The van der Waals surface area contributed by atoms with Gasteiger partial charge in [0.25, 0.3) is 5.91 Å². The summed E-state index contributed by atoms with van der Waals surface area (Å²) in [5.41, 5.74) is 2.10. The quantitative estimate of drug-likeness (QED) is 0.591. The van der Waals surface area contributed by atoms with Crippen LogP contribution in [0.25, 0.3) is 5.82 Å². The molecule has 3 aromatic rings. The number of pyridine rings is 1. The molecule has 1 saturated heterocycles. The van der Waals surface area contributed by atoms with Crippen LogP contribution in [0.1, 0.15) is 34.6 Å². The summed E-state index contributed by atoms with van der Waals surface area (Å²) in [6, 6.07) is 10.5. The fraction of sp³-hybridized carbons (Fsp3) is 0.261. The van der Waals surface area contributed by atoms with Crippen LogP contribution in [0.2, 0.25) is 0 Å². The van der Waals surface area contributed by atoms with Gasteiger partial charge >= 0.3 is 0 Å². The van der Waals surface area contributed by atoms with E-state index in [1.807, 2.05) is 29.8 Å². The van der Waals surface area contributed by atoms with E-state index in [-0.39, 0.29) is 24.3 Å². The number of hydrogen-bond acceptors (Lipinski definition) is 5. The molecule has 4 rings (SSSR count). The first-order chi connectivity index (χ1) is 15.5. The van der Waals surface area contributed by atoms with Crippen LogP contribution in [-0.2, 0) is 16.1 Å². The summed E-state index contributed by atoms with van der Waals surface area (Å²) in [6.07, 6.45) is 6.61. The number of rotatable bonds is 7. The van der Waals surface area contributed by atoms with Crippen molar-refractivity contribution in [3.8, 4) is 5.82 Å². The molecule has 1 aliphatic heterocycles. The van der Waals surface area contributed by atoms with E-state index in [0.717, 1.165) is 29.3 Å². The standard InChI is InChI=1S/C23H24N6O3/c1-16-24-10-12-28(16)20-13-17(8-9-25-20)14-26-21(30)15-27-23(32)18-4-6-19(7-5-18)29-11-2-3-22(29)31/h4-10,12-13H,2-3,11,14-15H2,1H3,(H,26,30)(H,27,32). The Morgan fingerprint density at radius 3 is 2.56 bits per heavy atom. The molecule has 2 aromatic heterocycles. The number of benzene rings is 1. The van der Waals surface area contributed by atoms with Crippen LogP contribution in [0.3, 0.4) is 0 Å². The van der Waals surface area contributed by atoms with Gasteiger partial charge in [0, 0.05) is 49.4 Å². The highest BCUT2D eigenvalue weighted by Gasteiger charge is 2.21. The summed E-state index contributed by atoms with van der Waals surface area (Å²) in [5.74, 6) is 0.997. The van der Waals surface area contributed by atoms with Crippen molar-refractivity contribution in [2.45, 2.75) is 26.3 Å². The largest absolute Gasteiger partial charge is 0.350 e. The third-order valence-corrected chi connectivity index (χ3v) is 5.30. The Morgan fingerprint density at radius 1 is 1.06 bits per heavy atom. The van der Waals surface area contributed by atoms with Crippen molar-refractivity contribution >= 4 is 23.4 Å². The number of carbonyl (C=O) groups excluding carboxylic acids is 3. The van der Waals surface area contributed by atoms with Crippen LogP contribution in [0, 0.1) is 6.92 Å². The highest BCUT2D eigenvalue weighted by molar-refractivity contribution is 5.98. The molecule has 9 heteroatoms. The van der Waals surface area contributed by atoms with Crippen molar-refractivity contribution < 1.29 is 14.4 Å². The number of nitrogens with one attached hydrogen (secondary N) is 2. The zero-order valence-electron chi connectivity index (χ0n) is 17.7. The van der Waals surface area contributed by atoms with Crippen LogP contribution >= 0.6 is 0 Å². The predicted octanol–water partition coefficient (Wildman–Crippen LogP) is 1.75. The molecule has 2 N–H and O–H groups in total. The number of amides is 3. The Bertz CT molecular complexity index is 1140. The number of aromatic nitrogens is 3. The number of anilines is 1. The molecule has 1 aromatic carbocycles. The van der Waals surface area contributed by atoms with Gasteiger partial charge < -0.3 is 15.5 Å². The van der Waals surface area contributed by atoms with E-state index in [0.29, 0.717) is 25.1 Å². The van der Waals surface area contributed by atoms with Gasteiger partial charge in [-0.2, -0.15) is 0 Å². The average Bonchev–Trinajstić information content (AvgIpc) is 3.44. The van der Waals surface area contributed by atoms with E-state index in [2.05, 4.69) is 20.6 Å². The molecule has 0 radical (unpaired) electrons. The minimum atomic E-state index is -0.346. The maximum atomic E-state index is 12.3. The molecule has 1 aliphatic rings. The van der Waals surface area contributed by atoms with Crippen LogP contribution in [0.5, 0.6) is 0 Å². The predicted molar refractivity (Wildman–Crippen MR) is 118 cm³/mol. The number of carbonyl (C=O) groups is 3. The smallest absolute Gasteiger partial charge is 0.251 e. The minimum Gasteiger partial charge on any atom is -0.350 e. The third-order valence-electron chi connectivity index (χ3n) is 5.30. The molecule has 0 atom stereocenters. The Hall–Kier alpha value is -4.01. The first-order valence-corrected chi connectivity index (χ1v) is 10.4. The molecule has 0 spiro atoms. The van der Waals surface area contributed by atoms with Crippen LogP contribution in [-0.4, -0.2) is 45.3 Å². The lowest BCUT2D eigenvalue weighted by atomic mass is 10.2. The second-order valence-corrected chi connectivity index (χ2v) is 7.52. The van der Waals surface area contributed by atoms with E-state index in [1.54, 1.807) is 41.6 Å². The number of nitrogens with zero attached hydrogens (tertiary/aromatic N) is 4. The first-order valence-electron chi connectivity index (χ1n) is 10.4. The Morgan fingerprint density at radius 2 is 1.88 bits per heavy atom. The molecule has 0 saturated carbocycles. The van der Waals surface area contributed by atoms with E-state index in [1.165, 1.54) is 0 Å². The molecular weight excluding hydrogens is 408 g/mol. The molecule has 0 aliphatic carbocycles. The normalized spacial score (nSPS) is 13.3. The SMILES string of the molecule is Cc1nccn1-c1cc(CNC(=O)CNC(=O)c2ccc(N3CCCC3=O)cc2)ccn1. The Kier molecular flexibility index (Phi) is 6.25. The van der Waals surface area contributed by atoms with Crippen molar-refractivity contribution in [1.29, 1.82) is 0 Å². The summed E-state index contributed by atoms with van der Waals surface area (Å²) in [6.45, 7) is 2.77. The lowest BCUT2D eigenvalue weighted by Crippen LogP contribution is -2.36. The summed E-state index contributed by atoms with van der Waals surface area (Å²) >= 11 is 0. The Balaban J connectivity index is 1.26. The topological polar surface area (TPSA) is 109 Å². The molecule has 0 unspecified atom stereocenters. The zero-order valence-corrected chi connectivity index (χ0v) is 17.7. The average molecular weight is 432 g/mol. The fourth-order valence-corrected chi connectivity index (χ4v) is 3.56. The summed E-state index contributed by atoms with van der Waals surface area (Å²) < 4.78 is 1.86. The first kappa shape index (κ1) is 21.2. The van der Waals surface area contributed by atoms with E-state index in [4.69, 9.17) is 0 Å². The van der Waals surface area contributed by atoms with Gasteiger partial charge in [0.05, 0.1) is 6.54 Å². The van der Waals surface area contributed by atoms with Crippen LogP contribution < -0.4 is 15.5 Å². The van der Waals surface area contributed by atoms with Crippen molar-refractivity contribution in [1.82, 2.24) is 25.2 Å². The molecule has 0 bridgehead atoms. The zero-order chi connectivity index (χ0) is 22.5. The molecule has 3 amide bonds. The highest BCUT2D eigenvalue weighted by atomic mass is 16.2.